The van der Waals surface area contributed by atoms with Crippen LogP contribution in [0, 0.1) is 0 Å². The average Bonchev–Trinajstić information content (AvgIpc) is 3.00. The molecule has 23 heavy (non-hydrogen) atoms. The molecule has 0 heterocycles. The molecule has 0 aromatic heterocycles. The molecule has 2 rings (SSSR count). The van der Waals surface area contributed by atoms with Crippen LogP contribution in [0.4, 0.5) is 0 Å². The van der Waals surface area contributed by atoms with Crippen LogP contribution in [0.1, 0.15) is 39.5 Å². The molecular weight excluding hydrogens is 316 g/mol. The number of benzene rings is 1. The van der Waals surface area contributed by atoms with E-state index < -0.39 is 16.1 Å². The van der Waals surface area contributed by atoms with E-state index in [4.69, 9.17) is 4.74 Å². The summed E-state index contributed by atoms with van der Waals surface area (Å²) in [7, 11) is -3.74. The van der Waals surface area contributed by atoms with Gasteiger partial charge in [-0.05, 0) is 51.0 Å². The highest BCUT2D eigenvalue weighted by molar-refractivity contribution is 7.89. The standard InChI is InChI=1S/C16H24N2O4S/c1-3-22-14-8-10-15(11-9-14)23(20,21)18-12(2)16(19)17-13-6-4-5-7-13/h8-13,18H,3-7H2,1-2H3,(H,17,19)/t12-/m1/s1. The monoisotopic (exact) mass is 340 g/mol. The molecular formula is C16H24N2O4S. The first-order chi connectivity index (χ1) is 10.9. The Morgan fingerprint density at radius 2 is 1.87 bits per heavy atom. The van der Waals surface area contributed by atoms with Crippen molar-refractivity contribution in [1.82, 2.24) is 10.0 Å². The van der Waals surface area contributed by atoms with Crippen LogP contribution in [0.2, 0.25) is 0 Å². The molecule has 0 radical (unpaired) electrons. The Labute approximate surface area is 137 Å². The van der Waals surface area contributed by atoms with Gasteiger partial charge in [0.1, 0.15) is 5.75 Å². The molecule has 0 aliphatic heterocycles. The van der Waals surface area contributed by atoms with E-state index in [2.05, 4.69) is 10.0 Å². The largest absolute Gasteiger partial charge is 0.494 e. The topological polar surface area (TPSA) is 84.5 Å². The third-order valence-electron chi connectivity index (χ3n) is 3.87. The number of amides is 1. The van der Waals surface area contributed by atoms with Crippen LogP contribution in [0.25, 0.3) is 0 Å². The zero-order valence-corrected chi connectivity index (χ0v) is 14.4. The van der Waals surface area contributed by atoms with Crippen LogP contribution in [0.3, 0.4) is 0 Å². The second kappa shape index (κ2) is 7.79. The van der Waals surface area contributed by atoms with E-state index in [-0.39, 0.29) is 16.8 Å². The van der Waals surface area contributed by atoms with Gasteiger partial charge in [-0.1, -0.05) is 12.8 Å². The Balaban J connectivity index is 1.97. The van der Waals surface area contributed by atoms with E-state index in [1.165, 1.54) is 12.1 Å². The van der Waals surface area contributed by atoms with Gasteiger partial charge in [0.2, 0.25) is 15.9 Å². The van der Waals surface area contributed by atoms with Crippen molar-refractivity contribution in [3.05, 3.63) is 24.3 Å². The summed E-state index contributed by atoms with van der Waals surface area (Å²) in [6.07, 6.45) is 4.14. The number of carbonyl (C=O) groups is 1. The van der Waals surface area contributed by atoms with Crippen LogP contribution in [0.5, 0.6) is 5.75 Å². The molecule has 0 spiro atoms. The number of sulfonamides is 1. The highest BCUT2D eigenvalue weighted by atomic mass is 32.2. The highest BCUT2D eigenvalue weighted by Gasteiger charge is 2.25. The molecule has 1 aliphatic rings. The van der Waals surface area contributed by atoms with Crippen molar-refractivity contribution in [3.8, 4) is 5.75 Å². The van der Waals surface area contributed by atoms with Gasteiger partial charge >= 0.3 is 0 Å². The lowest BCUT2D eigenvalue weighted by Crippen LogP contribution is -2.47. The first-order valence-corrected chi connectivity index (χ1v) is 9.46. The number of ether oxygens (including phenoxy) is 1. The molecule has 0 bridgehead atoms. The summed E-state index contributed by atoms with van der Waals surface area (Å²) in [4.78, 5) is 12.2. The van der Waals surface area contributed by atoms with Crippen molar-refractivity contribution in [3.63, 3.8) is 0 Å². The molecule has 1 amide bonds. The van der Waals surface area contributed by atoms with Crippen LogP contribution in [-0.4, -0.2) is 33.0 Å². The lowest BCUT2D eigenvalue weighted by molar-refractivity contribution is -0.123. The van der Waals surface area contributed by atoms with E-state index in [0.29, 0.717) is 12.4 Å². The maximum Gasteiger partial charge on any atom is 0.241 e. The minimum absolute atomic E-state index is 0.112. The maximum atomic E-state index is 12.3. The van der Waals surface area contributed by atoms with Crippen LogP contribution >= 0.6 is 0 Å². The van der Waals surface area contributed by atoms with Gasteiger partial charge in [0, 0.05) is 6.04 Å². The van der Waals surface area contributed by atoms with E-state index in [0.717, 1.165) is 25.7 Å². The van der Waals surface area contributed by atoms with Crippen molar-refractivity contribution < 1.29 is 17.9 Å². The van der Waals surface area contributed by atoms with E-state index in [1.807, 2.05) is 6.92 Å². The van der Waals surface area contributed by atoms with Crippen molar-refractivity contribution in [2.24, 2.45) is 0 Å². The lowest BCUT2D eigenvalue weighted by Gasteiger charge is -2.18. The summed E-state index contributed by atoms with van der Waals surface area (Å²) in [6.45, 7) is 3.93. The Morgan fingerprint density at radius 1 is 1.26 bits per heavy atom. The molecule has 1 fully saturated rings. The molecule has 0 saturated heterocycles. The first kappa shape index (κ1) is 17.7. The van der Waals surface area contributed by atoms with Gasteiger partial charge in [-0.3, -0.25) is 4.79 Å². The van der Waals surface area contributed by atoms with E-state index in [1.54, 1.807) is 19.1 Å². The molecule has 0 unspecified atom stereocenters. The molecule has 1 aromatic rings. The SMILES string of the molecule is CCOc1ccc(S(=O)(=O)N[C@H](C)C(=O)NC2CCCC2)cc1. The van der Waals surface area contributed by atoms with Gasteiger partial charge in [0.25, 0.3) is 0 Å². The summed E-state index contributed by atoms with van der Waals surface area (Å²) >= 11 is 0. The van der Waals surface area contributed by atoms with Gasteiger partial charge in [0.05, 0.1) is 17.5 Å². The summed E-state index contributed by atoms with van der Waals surface area (Å²) in [5.74, 6) is 0.324. The fourth-order valence-corrected chi connectivity index (χ4v) is 3.84. The van der Waals surface area contributed by atoms with E-state index >= 15 is 0 Å². The summed E-state index contributed by atoms with van der Waals surface area (Å²) < 4.78 is 32.3. The van der Waals surface area contributed by atoms with Crippen LogP contribution in [0.15, 0.2) is 29.2 Å². The quantitative estimate of drug-likeness (QED) is 0.793. The van der Waals surface area contributed by atoms with Gasteiger partial charge < -0.3 is 10.1 Å². The molecule has 1 saturated carbocycles. The predicted octanol–water partition coefficient (Wildman–Crippen LogP) is 1.81. The van der Waals surface area contributed by atoms with Gasteiger partial charge in [-0.2, -0.15) is 4.72 Å². The summed E-state index contributed by atoms with van der Waals surface area (Å²) in [6, 6.07) is 5.49. The Hall–Kier alpha value is -1.60. The van der Waals surface area contributed by atoms with Gasteiger partial charge in [0.15, 0.2) is 0 Å². The number of carbonyl (C=O) groups excluding carboxylic acids is 1. The van der Waals surface area contributed by atoms with Crippen LogP contribution in [-0.2, 0) is 14.8 Å². The fourth-order valence-electron chi connectivity index (χ4n) is 2.63. The van der Waals surface area contributed by atoms with Crippen molar-refractivity contribution in [1.29, 1.82) is 0 Å². The Kier molecular flexibility index (Phi) is 6.01. The summed E-state index contributed by atoms with van der Waals surface area (Å²) in [5.41, 5.74) is 0. The number of hydrogen-bond acceptors (Lipinski definition) is 4. The number of hydrogen-bond donors (Lipinski definition) is 2. The normalized spacial score (nSPS) is 17.0. The maximum absolute atomic E-state index is 12.3. The minimum atomic E-state index is -3.74. The average molecular weight is 340 g/mol. The zero-order chi connectivity index (χ0) is 16.9. The molecule has 128 valence electrons. The number of rotatable bonds is 7. The van der Waals surface area contributed by atoms with Crippen molar-refractivity contribution >= 4 is 15.9 Å². The highest BCUT2D eigenvalue weighted by Crippen LogP contribution is 2.18. The molecule has 1 aliphatic carbocycles. The molecule has 1 aromatic carbocycles. The lowest BCUT2D eigenvalue weighted by atomic mass is 10.2. The summed E-state index contributed by atoms with van der Waals surface area (Å²) in [5, 5.41) is 2.89. The molecule has 6 nitrogen and oxygen atoms in total. The first-order valence-electron chi connectivity index (χ1n) is 7.98. The number of nitrogens with one attached hydrogen (secondary N) is 2. The Bertz CT molecular complexity index is 622. The zero-order valence-electron chi connectivity index (χ0n) is 13.5. The smallest absolute Gasteiger partial charge is 0.241 e. The Morgan fingerprint density at radius 3 is 2.43 bits per heavy atom. The third kappa shape index (κ3) is 4.94. The second-order valence-electron chi connectivity index (χ2n) is 5.74. The van der Waals surface area contributed by atoms with Crippen molar-refractivity contribution in [2.45, 2.75) is 56.5 Å². The molecule has 1 atom stereocenters. The van der Waals surface area contributed by atoms with Crippen molar-refractivity contribution in [2.75, 3.05) is 6.61 Å². The van der Waals surface area contributed by atoms with Gasteiger partial charge in [-0.15, -0.1) is 0 Å². The molecule has 2 N–H and O–H groups in total. The molecule has 7 heteroatoms. The van der Waals surface area contributed by atoms with E-state index in [9.17, 15) is 13.2 Å². The third-order valence-corrected chi connectivity index (χ3v) is 5.43. The van der Waals surface area contributed by atoms with Crippen LogP contribution < -0.4 is 14.8 Å². The second-order valence-corrected chi connectivity index (χ2v) is 7.45. The minimum Gasteiger partial charge on any atom is -0.494 e. The fraction of sp³-hybridized carbons (Fsp3) is 0.562. The predicted molar refractivity (Wildman–Crippen MR) is 87.8 cm³/mol. The van der Waals surface area contributed by atoms with Gasteiger partial charge in [-0.25, -0.2) is 8.42 Å².